The molecule has 106 valence electrons. The number of aryl methyl sites for hydroxylation is 2. The molecule has 1 aromatic rings. The lowest BCUT2D eigenvalue weighted by Gasteiger charge is -2.36. The topological polar surface area (TPSA) is 37.4 Å². The molecule has 1 aliphatic heterocycles. The lowest BCUT2D eigenvalue weighted by atomic mass is 9.83. The molecule has 0 bridgehead atoms. The molecule has 19 heavy (non-hydrogen) atoms. The lowest BCUT2D eigenvalue weighted by molar-refractivity contribution is 0.196. The molecule has 1 heterocycles. The van der Waals surface area contributed by atoms with Crippen molar-refractivity contribution in [3.05, 3.63) is 29.3 Å². The largest absolute Gasteiger partial charge is 0.243 e. The van der Waals surface area contributed by atoms with E-state index in [1.807, 2.05) is 26.0 Å². The minimum Gasteiger partial charge on any atom is -0.207 e. The van der Waals surface area contributed by atoms with Gasteiger partial charge in [0.1, 0.15) is 0 Å². The Balaban J connectivity index is 2.31. The van der Waals surface area contributed by atoms with E-state index >= 15 is 0 Å². The van der Waals surface area contributed by atoms with Gasteiger partial charge >= 0.3 is 0 Å². The van der Waals surface area contributed by atoms with Crippen LogP contribution in [0.15, 0.2) is 23.1 Å². The Labute approximate surface area is 116 Å². The van der Waals surface area contributed by atoms with Crippen LogP contribution in [0.1, 0.15) is 37.8 Å². The summed E-state index contributed by atoms with van der Waals surface area (Å²) < 4.78 is 27.0. The van der Waals surface area contributed by atoms with Crippen LogP contribution in [0.25, 0.3) is 0 Å². The predicted molar refractivity (Wildman–Crippen MR) is 77.7 cm³/mol. The van der Waals surface area contributed by atoms with Crippen molar-refractivity contribution >= 4 is 10.0 Å². The van der Waals surface area contributed by atoms with Crippen molar-refractivity contribution in [2.75, 3.05) is 13.1 Å². The number of nitrogens with zero attached hydrogens (tertiary/aromatic N) is 1. The van der Waals surface area contributed by atoms with Gasteiger partial charge in [-0.3, -0.25) is 0 Å². The van der Waals surface area contributed by atoms with Gasteiger partial charge in [0.15, 0.2) is 0 Å². The molecule has 1 saturated heterocycles. The third-order valence-electron chi connectivity index (χ3n) is 4.04. The van der Waals surface area contributed by atoms with E-state index in [1.165, 1.54) is 0 Å². The number of benzene rings is 1. The van der Waals surface area contributed by atoms with Crippen molar-refractivity contribution in [3.8, 4) is 0 Å². The van der Waals surface area contributed by atoms with Crippen LogP contribution in [0.3, 0.4) is 0 Å². The Kier molecular flexibility index (Phi) is 3.76. The zero-order valence-corrected chi connectivity index (χ0v) is 13.0. The van der Waals surface area contributed by atoms with E-state index < -0.39 is 10.0 Å². The summed E-state index contributed by atoms with van der Waals surface area (Å²) in [7, 11) is -3.33. The van der Waals surface area contributed by atoms with Gasteiger partial charge in [0.25, 0.3) is 0 Å². The number of sulfonamides is 1. The maximum absolute atomic E-state index is 12.7. The van der Waals surface area contributed by atoms with Gasteiger partial charge in [0, 0.05) is 13.1 Å². The van der Waals surface area contributed by atoms with E-state index in [-0.39, 0.29) is 5.41 Å². The first-order valence-electron chi connectivity index (χ1n) is 6.80. The molecule has 3 nitrogen and oxygen atoms in total. The number of hydrogen-bond acceptors (Lipinski definition) is 2. The Hall–Kier alpha value is -0.870. The van der Waals surface area contributed by atoms with E-state index in [0.29, 0.717) is 18.0 Å². The molecule has 1 fully saturated rings. The average Bonchev–Trinajstić information content (AvgIpc) is 2.31. The molecular weight excluding hydrogens is 258 g/mol. The molecule has 0 aliphatic carbocycles. The van der Waals surface area contributed by atoms with Crippen LogP contribution < -0.4 is 0 Å². The summed E-state index contributed by atoms with van der Waals surface area (Å²) in [5.41, 5.74) is 2.07. The summed E-state index contributed by atoms with van der Waals surface area (Å²) >= 11 is 0. The second-order valence-electron chi connectivity index (χ2n) is 6.34. The van der Waals surface area contributed by atoms with Gasteiger partial charge in [0.2, 0.25) is 10.0 Å². The highest BCUT2D eigenvalue weighted by Gasteiger charge is 2.33. The monoisotopic (exact) mass is 281 g/mol. The summed E-state index contributed by atoms with van der Waals surface area (Å²) in [6.07, 6.45) is 1.86. The Morgan fingerprint density at radius 3 is 2.26 bits per heavy atom. The maximum atomic E-state index is 12.7. The van der Waals surface area contributed by atoms with Gasteiger partial charge in [-0.25, -0.2) is 8.42 Å². The Morgan fingerprint density at radius 1 is 1.11 bits per heavy atom. The highest BCUT2D eigenvalue weighted by Crippen LogP contribution is 2.33. The highest BCUT2D eigenvalue weighted by molar-refractivity contribution is 7.89. The lowest BCUT2D eigenvalue weighted by Crippen LogP contribution is -2.41. The van der Waals surface area contributed by atoms with Gasteiger partial charge in [-0.2, -0.15) is 4.31 Å². The Morgan fingerprint density at radius 2 is 1.68 bits per heavy atom. The third-order valence-corrected chi connectivity index (χ3v) is 6.08. The van der Waals surface area contributed by atoms with Gasteiger partial charge in [-0.15, -0.1) is 0 Å². The summed E-state index contributed by atoms with van der Waals surface area (Å²) in [6, 6.07) is 5.62. The molecule has 0 unspecified atom stereocenters. The number of piperidine rings is 1. The first-order chi connectivity index (χ1) is 8.72. The van der Waals surface area contributed by atoms with Crippen LogP contribution in [0, 0.1) is 19.3 Å². The quantitative estimate of drug-likeness (QED) is 0.835. The average molecular weight is 281 g/mol. The van der Waals surface area contributed by atoms with E-state index in [4.69, 9.17) is 0 Å². The molecule has 0 aromatic heterocycles. The predicted octanol–water partition coefficient (Wildman–Crippen LogP) is 3.11. The van der Waals surface area contributed by atoms with Crippen LogP contribution in [-0.4, -0.2) is 25.8 Å². The maximum Gasteiger partial charge on any atom is 0.243 e. The van der Waals surface area contributed by atoms with Crippen molar-refractivity contribution in [3.63, 3.8) is 0 Å². The molecular formula is C15H23NO2S. The smallest absolute Gasteiger partial charge is 0.207 e. The fraction of sp³-hybridized carbons (Fsp3) is 0.600. The fourth-order valence-corrected chi connectivity index (χ4v) is 4.21. The number of rotatable bonds is 2. The van der Waals surface area contributed by atoms with Crippen molar-refractivity contribution in [2.24, 2.45) is 5.41 Å². The molecule has 0 N–H and O–H groups in total. The molecule has 2 rings (SSSR count). The van der Waals surface area contributed by atoms with Gasteiger partial charge in [-0.1, -0.05) is 26.0 Å². The van der Waals surface area contributed by atoms with Crippen molar-refractivity contribution in [2.45, 2.75) is 45.4 Å². The summed E-state index contributed by atoms with van der Waals surface area (Å²) in [4.78, 5) is 0.465. The SMILES string of the molecule is Cc1ccc(C)c(S(=O)(=O)N2CCC(C)(C)CC2)c1. The zero-order valence-electron chi connectivity index (χ0n) is 12.2. The number of hydrogen-bond donors (Lipinski definition) is 0. The standard InChI is InChI=1S/C15H23NO2S/c1-12-5-6-13(2)14(11-12)19(17,18)16-9-7-15(3,4)8-10-16/h5-6,11H,7-10H2,1-4H3. The molecule has 0 atom stereocenters. The molecule has 0 radical (unpaired) electrons. The van der Waals surface area contributed by atoms with E-state index in [2.05, 4.69) is 13.8 Å². The van der Waals surface area contributed by atoms with Crippen LogP contribution in [0.5, 0.6) is 0 Å². The summed E-state index contributed by atoms with van der Waals surface area (Å²) in [5, 5.41) is 0. The van der Waals surface area contributed by atoms with Crippen LogP contribution in [-0.2, 0) is 10.0 Å². The molecule has 4 heteroatoms. The minimum absolute atomic E-state index is 0.258. The first-order valence-corrected chi connectivity index (χ1v) is 8.24. The normalized spacial score (nSPS) is 20.4. The summed E-state index contributed by atoms with van der Waals surface area (Å²) in [6.45, 7) is 9.45. The fourth-order valence-electron chi connectivity index (χ4n) is 2.46. The molecule has 1 aliphatic rings. The van der Waals surface area contributed by atoms with E-state index in [9.17, 15) is 8.42 Å². The third kappa shape index (κ3) is 3.00. The molecule has 0 saturated carbocycles. The molecule has 0 amide bonds. The van der Waals surface area contributed by atoms with E-state index in [0.717, 1.165) is 24.0 Å². The van der Waals surface area contributed by atoms with Crippen molar-refractivity contribution in [1.29, 1.82) is 0 Å². The van der Waals surface area contributed by atoms with Crippen LogP contribution >= 0.6 is 0 Å². The van der Waals surface area contributed by atoms with Gasteiger partial charge in [-0.05, 0) is 49.3 Å². The van der Waals surface area contributed by atoms with Crippen molar-refractivity contribution < 1.29 is 8.42 Å². The van der Waals surface area contributed by atoms with Crippen LogP contribution in [0.4, 0.5) is 0 Å². The second-order valence-corrected chi connectivity index (χ2v) is 8.24. The molecule has 0 spiro atoms. The minimum atomic E-state index is -3.33. The zero-order chi connectivity index (χ0) is 14.3. The van der Waals surface area contributed by atoms with Gasteiger partial charge in [0.05, 0.1) is 4.90 Å². The Bertz CT molecular complexity index is 566. The molecule has 1 aromatic carbocycles. The van der Waals surface area contributed by atoms with Crippen LogP contribution in [0.2, 0.25) is 0 Å². The second kappa shape index (κ2) is 4.91. The summed E-state index contributed by atoms with van der Waals surface area (Å²) in [5.74, 6) is 0. The highest BCUT2D eigenvalue weighted by atomic mass is 32.2. The van der Waals surface area contributed by atoms with Gasteiger partial charge < -0.3 is 0 Å². The van der Waals surface area contributed by atoms with Crippen molar-refractivity contribution in [1.82, 2.24) is 4.31 Å². The van der Waals surface area contributed by atoms with E-state index in [1.54, 1.807) is 10.4 Å². The first kappa shape index (κ1) is 14.5.